The number of carbonyl (C=O) groups excluding carboxylic acids is 1. The van der Waals surface area contributed by atoms with Crippen LogP contribution in [0.3, 0.4) is 0 Å². The molecule has 0 aliphatic heterocycles. The maximum absolute atomic E-state index is 11.3. The van der Waals surface area contributed by atoms with Crippen molar-refractivity contribution in [3.05, 3.63) is 0 Å². The highest BCUT2D eigenvalue weighted by Gasteiger charge is 2.41. The Morgan fingerprint density at radius 2 is 1.41 bits per heavy atom. The number of carboxylic acid groups (broad SMARTS) is 3. The summed E-state index contributed by atoms with van der Waals surface area (Å²) in [5, 5.41) is 44.5. The molecule has 0 unspecified atom stereocenters. The number of rotatable bonds is 8. The van der Waals surface area contributed by atoms with Gasteiger partial charge in [0.15, 0.2) is 11.9 Å². The normalized spacial score (nSPS) is 15.8. The van der Waals surface area contributed by atoms with Crippen molar-refractivity contribution in [3.8, 4) is 0 Å². The quantitative estimate of drug-likeness (QED) is 0.273. The molecule has 0 aliphatic rings. The Morgan fingerprint density at radius 3 is 1.77 bits per heavy atom. The summed E-state index contributed by atoms with van der Waals surface area (Å²) < 4.78 is 12.2. The van der Waals surface area contributed by atoms with E-state index in [4.69, 9.17) is 15.3 Å². The minimum atomic E-state index is -2.19. The van der Waals surface area contributed by atoms with Gasteiger partial charge in [-0.05, 0) is 6.92 Å². The van der Waals surface area contributed by atoms with Gasteiger partial charge in [-0.1, -0.05) is 0 Å². The van der Waals surface area contributed by atoms with Gasteiger partial charge in [0.05, 0.1) is 0 Å². The summed E-state index contributed by atoms with van der Waals surface area (Å²) in [5.74, 6) is -1.01. The van der Waals surface area contributed by atoms with Crippen LogP contribution in [0.25, 0.3) is 0 Å². The molecule has 0 rings (SSSR count). The van der Waals surface area contributed by atoms with Crippen LogP contribution in [0.15, 0.2) is 0 Å². The lowest BCUT2D eigenvalue weighted by Crippen LogP contribution is -2.52. The van der Waals surface area contributed by atoms with Gasteiger partial charge in [-0.25, -0.2) is 14.4 Å². The third-order valence-electron chi connectivity index (χ3n) is 2.27. The summed E-state index contributed by atoms with van der Waals surface area (Å²) in [6.45, 7) is -0.146. The molecule has 0 aliphatic carbocycles. The smallest absolute Gasteiger partial charge is 0.450 e. The van der Waals surface area contributed by atoms with Crippen molar-refractivity contribution in [1.29, 1.82) is 0 Å². The van der Waals surface area contributed by atoms with E-state index in [0.717, 1.165) is 6.92 Å². The zero-order valence-corrected chi connectivity index (χ0v) is 11.1. The average Bonchev–Trinajstić information content (AvgIpc) is 2.38. The van der Waals surface area contributed by atoms with E-state index in [0.29, 0.717) is 0 Å². The molecule has 4 atom stereocenters. The molecule has 0 amide bonds. The number of aliphatic hydroxyl groups excluding tert-OH is 2. The predicted molar refractivity (Wildman–Crippen MR) is 62.5 cm³/mol. The molecule has 5 N–H and O–H groups in total. The van der Waals surface area contributed by atoms with Crippen molar-refractivity contribution in [2.75, 3.05) is 6.61 Å². The lowest BCUT2D eigenvalue weighted by molar-refractivity contribution is -0.151. The highest BCUT2D eigenvalue weighted by Crippen LogP contribution is 2.15. The van der Waals surface area contributed by atoms with Gasteiger partial charge in [0, 0.05) is 0 Å². The Morgan fingerprint density at radius 1 is 0.909 bits per heavy atom. The Kier molecular flexibility index (Phi) is 7.61. The van der Waals surface area contributed by atoms with E-state index in [2.05, 4.69) is 14.2 Å². The molecule has 0 bridgehead atoms. The summed E-state index contributed by atoms with van der Waals surface area (Å²) in [5.41, 5.74) is 0. The lowest BCUT2D eigenvalue weighted by Gasteiger charge is -2.29. The maximum atomic E-state index is 11.3. The second kappa shape index (κ2) is 8.63. The van der Waals surface area contributed by atoms with Crippen LogP contribution in [0.5, 0.6) is 0 Å². The Hall–Kier alpha value is -2.60. The van der Waals surface area contributed by atoms with E-state index in [1.165, 1.54) is 0 Å². The van der Waals surface area contributed by atoms with Gasteiger partial charge in [-0.15, -0.1) is 0 Å². The molecule has 0 aromatic carbocycles. The minimum Gasteiger partial charge on any atom is -0.450 e. The number of carbonyl (C=O) groups is 4. The zero-order chi connectivity index (χ0) is 17.4. The molecular formula is C10H14O12. The van der Waals surface area contributed by atoms with Crippen LogP contribution >= 0.6 is 0 Å². The van der Waals surface area contributed by atoms with Crippen LogP contribution in [-0.2, 0) is 19.0 Å². The first-order valence-electron chi connectivity index (χ1n) is 5.57. The van der Waals surface area contributed by atoms with Gasteiger partial charge in [0.1, 0.15) is 18.8 Å². The highest BCUT2D eigenvalue weighted by molar-refractivity contribution is 5.83. The Labute approximate surface area is 122 Å². The third kappa shape index (κ3) is 6.71. The lowest BCUT2D eigenvalue weighted by atomic mass is 10.0. The van der Waals surface area contributed by atoms with Crippen LogP contribution in [0.2, 0.25) is 0 Å². The molecule has 0 radical (unpaired) electrons. The molecule has 0 saturated carbocycles. The SMILES string of the molecule is CC(=O)[C@H](OC(=O)O)[C@@H](OC(=O)O)[C@H](O)[C@H](O)COC(=O)O. The monoisotopic (exact) mass is 326 g/mol. The molecule has 0 aromatic heterocycles. The number of hydrogen-bond acceptors (Lipinski definition) is 9. The second-order valence-electron chi connectivity index (χ2n) is 3.90. The van der Waals surface area contributed by atoms with Crippen molar-refractivity contribution < 1.29 is 58.9 Å². The van der Waals surface area contributed by atoms with E-state index >= 15 is 0 Å². The third-order valence-corrected chi connectivity index (χ3v) is 2.27. The van der Waals surface area contributed by atoms with Crippen molar-refractivity contribution >= 4 is 24.2 Å². The van der Waals surface area contributed by atoms with Crippen LogP contribution in [0, 0.1) is 0 Å². The van der Waals surface area contributed by atoms with E-state index in [1.54, 1.807) is 0 Å². The number of ketones is 1. The van der Waals surface area contributed by atoms with Crippen LogP contribution in [0.1, 0.15) is 6.92 Å². The molecule has 12 nitrogen and oxygen atoms in total. The number of aliphatic hydroxyl groups is 2. The molecule has 126 valence electrons. The molecular weight excluding hydrogens is 312 g/mol. The predicted octanol–water partition coefficient (Wildman–Crippen LogP) is -0.882. The molecule has 12 heteroatoms. The summed E-state index contributed by atoms with van der Waals surface area (Å²) in [6, 6.07) is 0. The van der Waals surface area contributed by atoms with Gasteiger partial charge >= 0.3 is 18.5 Å². The van der Waals surface area contributed by atoms with E-state index in [9.17, 15) is 29.4 Å². The van der Waals surface area contributed by atoms with Gasteiger partial charge < -0.3 is 39.7 Å². The van der Waals surface area contributed by atoms with E-state index in [-0.39, 0.29) is 0 Å². The molecule has 22 heavy (non-hydrogen) atoms. The number of ether oxygens (including phenoxy) is 3. The Balaban J connectivity index is 5.21. The minimum absolute atomic E-state index is 0.832. The summed E-state index contributed by atoms with van der Waals surface area (Å²) in [7, 11) is 0. The summed E-state index contributed by atoms with van der Waals surface area (Å²) >= 11 is 0. The molecule has 0 spiro atoms. The fraction of sp³-hybridized carbons (Fsp3) is 0.600. The van der Waals surface area contributed by atoms with Gasteiger partial charge in [0.2, 0.25) is 6.10 Å². The van der Waals surface area contributed by atoms with Gasteiger partial charge in [-0.3, -0.25) is 4.79 Å². The largest absolute Gasteiger partial charge is 0.506 e. The van der Waals surface area contributed by atoms with Crippen LogP contribution < -0.4 is 0 Å². The summed E-state index contributed by atoms with van der Waals surface area (Å²) in [4.78, 5) is 42.5. The number of hydrogen-bond donors (Lipinski definition) is 5. The van der Waals surface area contributed by atoms with Gasteiger partial charge in [0.25, 0.3) is 0 Å². The first-order valence-corrected chi connectivity index (χ1v) is 5.57. The van der Waals surface area contributed by atoms with Crippen LogP contribution in [0.4, 0.5) is 14.4 Å². The van der Waals surface area contributed by atoms with Crippen LogP contribution in [-0.4, -0.2) is 80.8 Å². The van der Waals surface area contributed by atoms with Crippen molar-refractivity contribution in [3.63, 3.8) is 0 Å². The van der Waals surface area contributed by atoms with Gasteiger partial charge in [-0.2, -0.15) is 0 Å². The Bertz CT molecular complexity index is 432. The van der Waals surface area contributed by atoms with Crippen molar-refractivity contribution in [2.45, 2.75) is 31.3 Å². The van der Waals surface area contributed by atoms with E-state index in [1.807, 2.05) is 0 Å². The average molecular weight is 326 g/mol. The second-order valence-corrected chi connectivity index (χ2v) is 3.90. The molecule has 0 saturated heterocycles. The van der Waals surface area contributed by atoms with Crippen molar-refractivity contribution in [1.82, 2.24) is 0 Å². The first-order chi connectivity index (χ1) is 10.1. The highest BCUT2D eigenvalue weighted by atomic mass is 16.7. The topological polar surface area (TPSA) is 197 Å². The first kappa shape index (κ1) is 19.4. The fourth-order valence-electron chi connectivity index (χ4n) is 1.39. The number of Topliss-reactive ketones (excluding diaryl/α,β-unsaturated/α-hetero) is 1. The maximum Gasteiger partial charge on any atom is 0.506 e. The molecule has 0 heterocycles. The molecule has 0 fully saturated rings. The molecule has 0 aromatic rings. The van der Waals surface area contributed by atoms with Crippen molar-refractivity contribution in [2.24, 2.45) is 0 Å². The standard InChI is InChI=1S/C10H14O12/c1-3(11)6(21-9(16)17)7(22-10(18)19)5(13)4(12)2-20-8(14)15/h4-7,12-13H,2H2,1H3,(H,14,15)(H,16,17)(H,18,19)/t4-,5-,6+,7+/m1/s1. The van der Waals surface area contributed by atoms with E-state index < -0.39 is 55.3 Å². The zero-order valence-electron chi connectivity index (χ0n) is 11.1. The fourth-order valence-corrected chi connectivity index (χ4v) is 1.39. The summed E-state index contributed by atoms with van der Waals surface area (Å²) in [6.07, 6.45) is -14.1.